The fourth-order valence-electron chi connectivity index (χ4n) is 3.33. The highest BCUT2D eigenvalue weighted by molar-refractivity contribution is 6.07. The lowest BCUT2D eigenvalue weighted by molar-refractivity contribution is -0.136. The van der Waals surface area contributed by atoms with Crippen LogP contribution >= 0.6 is 0 Å². The molecule has 1 aromatic rings. The zero-order valence-electron chi connectivity index (χ0n) is 14.2. The lowest BCUT2D eigenvalue weighted by atomic mass is 9.88. The lowest BCUT2D eigenvalue weighted by Gasteiger charge is -2.36. The average Bonchev–Trinajstić information content (AvgIpc) is 2.82. The van der Waals surface area contributed by atoms with Crippen LogP contribution in [0.4, 0.5) is 0 Å². The first kappa shape index (κ1) is 16.6. The van der Waals surface area contributed by atoms with Gasteiger partial charge in [0, 0.05) is 32.0 Å². The van der Waals surface area contributed by atoms with E-state index in [0.29, 0.717) is 44.9 Å². The highest BCUT2D eigenvalue weighted by Crippen LogP contribution is 2.29. The van der Waals surface area contributed by atoms with Gasteiger partial charge in [-0.3, -0.25) is 24.5 Å². The van der Waals surface area contributed by atoms with Gasteiger partial charge in [0.1, 0.15) is 11.4 Å². The summed E-state index contributed by atoms with van der Waals surface area (Å²) in [6, 6.07) is 3.90. The summed E-state index contributed by atoms with van der Waals surface area (Å²) in [5, 5.41) is 2.78. The average molecular weight is 329 g/mol. The number of carbonyl (C=O) groups excluding carboxylic acids is 2. The van der Waals surface area contributed by atoms with Crippen molar-refractivity contribution in [3.63, 3.8) is 0 Å². The number of pyridine rings is 1. The number of hydrogen-bond donors (Lipinski definition) is 1. The number of piperidine rings is 1. The van der Waals surface area contributed by atoms with Crippen LogP contribution in [-0.4, -0.2) is 64.7 Å². The number of hydrogen-bond acceptors (Lipinski definition) is 5. The fourth-order valence-corrected chi connectivity index (χ4v) is 3.33. The van der Waals surface area contributed by atoms with Gasteiger partial charge in [0.05, 0.1) is 6.54 Å². The van der Waals surface area contributed by atoms with Gasteiger partial charge in [0.2, 0.25) is 5.91 Å². The van der Waals surface area contributed by atoms with E-state index in [1.165, 1.54) is 0 Å². The normalized spacial score (nSPS) is 19.5. The van der Waals surface area contributed by atoms with Gasteiger partial charge in [-0.05, 0) is 44.5 Å². The van der Waals surface area contributed by atoms with Crippen molar-refractivity contribution in [2.45, 2.75) is 31.8 Å². The van der Waals surface area contributed by atoms with Crippen LogP contribution in [0.5, 0.6) is 0 Å². The maximum absolute atomic E-state index is 12.5. The molecule has 0 bridgehead atoms. The number of amidine groups is 1. The quantitative estimate of drug-likeness (QED) is 0.868. The van der Waals surface area contributed by atoms with Gasteiger partial charge in [0.15, 0.2) is 0 Å². The summed E-state index contributed by atoms with van der Waals surface area (Å²) in [4.78, 5) is 36.9. The van der Waals surface area contributed by atoms with Gasteiger partial charge in [-0.15, -0.1) is 0 Å². The van der Waals surface area contributed by atoms with Gasteiger partial charge in [-0.2, -0.15) is 0 Å². The van der Waals surface area contributed by atoms with Crippen molar-refractivity contribution in [1.29, 1.82) is 0 Å². The van der Waals surface area contributed by atoms with Crippen molar-refractivity contribution in [1.82, 2.24) is 20.1 Å². The minimum Gasteiger partial charge on any atom is -0.341 e. The molecule has 0 aromatic carbocycles. The molecular weight excluding hydrogens is 306 g/mol. The third-order valence-corrected chi connectivity index (χ3v) is 4.65. The highest BCUT2D eigenvalue weighted by atomic mass is 16.2. The Morgan fingerprint density at radius 3 is 2.58 bits per heavy atom. The molecule has 2 aliphatic heterocycles. The van der Waals surface area contributed by atoms with E-state index < -0.39 is 5.54 Å². The van der Waals surface area contributed by atoms with E-state index in [2.05, 4.69) is 15.3 Å². The number of likely N-dealkylation sites (N-methyl/N-ethyl adjacent to an activating group) is 1. The Morgan fingerprint density at radius 2 is 2.00 bits per heavy atom. The van der Waals surface area contributed by atoms with Crippen LogP contribution in [0.2, 0.25) is 0 Å². The van der Waals surface area contributed by atoms with E-state index in [1.807, 2.05) is 29.0 Å². The third-order valence-electron chi connectivity index (χ3n) is 4.65. The summed E-state index contributed by atoms with van der Waals surface area (Å²) in [7, 11) is 1.93. The minimum absolute atomic E-state index is 0.0260. The molecular formula is C17H23N5O2. The van der Waals surface area contributed by atoms with Gasteiger partial charge >= 0.3 is 0 Å². The molecule has 7 nitrogen and oxygen atoms in total. The van der Waals surface area contributed by atoms with E-state index >= 15 is 0 Å². The molecule has 7 heteroatoms. The molecule has 1 fully saturated rings. The molecule has 3 heterocycles. The molecule has 0 aliphatic carbocycles. The van der Waals surface area contributed by atoms with Crippen molar-refractivity contribution in [2.75, 3.05) is 26.7 Å². The van der Waals surface area contributed by atoms with Crippen LogP contribution in [0, 0.1) is 0 Å². The second kappa shape index (κ2) is 6.68. The van der Waals surface area contributed by atoms with Crippen LogP contribution in [0.1, 0.15) is 25.3 Å². The van der Waals surface area contributed by atoms with Gasteiger partial charge in [0.25, 0.3) is 5.91 Å². The number of amides is 2. The molecule has 2 amide bonds. The minimum atomic E-state index is -0.649. The summed E-state index contributed by atoms with van der Waals surface area (Å²) in [5.41, 5.74) is 0.481. The standard InChI is InChI=1S/C17H23N5O2/c1-13-19-16(24)17(20-13)5-9-22(10-6-17)15(23)12-21(2)11-14-3-7-18-8-4-14/h3-4,7-8H,5-6,9-12H2,1-2H3,(H,19,20,24). The lowest BCUT2D eigenvalue weighted by Crippen LogP contribution is -2.51. The van der Waals surface area contributed by atoms with E-state index in [-0.39, 0.29) is 11.8 Å². The molecule has 0 unspecified atom stereocenters. The molecule has 3 rings (SSSR count). The van der Waals surface area contributed by atoms with Gasteiger partial charge in [-0.25, -0.2) is 0 Å². The number of nitrogens with zero attached hydrogens (tertiary/aromatic N) is 4. The Balaban J connectivity index is 1.51. The van der Waals surface area contributed by atoms with Crippen LogP contribution in [0.25, 0.3) is 0 Å². The predicted molar refractivity (Wildman–Crippen MR) is 90.4 cm³/mol. The van der Waals surface area contributed by atoms with Crippen molar-refractivity contribution >= 4 is 17.6 Å². The molecule has 1 saturated heterocycles. The zero-order valence-corrected chi connectivity index (χ0v) is 14.2. The fraction of sp³-hybridized carbons (Fsp3) is 0.529. The van der Waals surface area contributed by atoms with E-state index in [1.54, 1.807) is 19.3 Å². The molecule has 24 heavy (non-hydrogen) atoms. The monoisotopic (exact) mass is 329 g/mol. The number of aromatic nitrogens is 1. The second-order valence-electron chi connectivity index (χ2n) is 6.59. The molecule has 1 N–H and O–H groups in total. The number of likely N-dealkylation sites (tertiary alicyclic amines) is 1. The van der Waals surface area contributed by atoms with Gasteiger partial charge in [-0.1, -0.05) is 0 Å². The number of aliphatic imine (C=N–C) groups is 1. The zero-order chi connectivity index (χ0) is 17.2. The topological polar surface area (TPSA) is 77.9 Å². The van der Waals surface area contributed by atoms with Crippen LogP contribution in [-0.2, 0) is 16.1 Å². The Hall–Kier alpha value is -2.28. The molecule has 1 spiro atoms. The Bertz CT molecular complexity index is 650. The molecule has 2 aliphatic rings. The Kier molecular flexibility index (Phi) is 4.62. The highest BCUT2D eigenvalue weighted by Gasteiger charge is 2.45. The smallest absolute Gasteiger partial charge is 0.253 e. The SMILES string of the molecule is CC1=NC2(CCN(C(=O)CN(C)Cc3ccncc3)CC2)C(=O)N1. The maximum Gasteiger partial charge on any atom is 0.253 e. The first-order valence-corrected chi connectivity index (χ1v) is 8.22. The summed E-state index contributed by atoms with van der Waals surface area (Å²) >= 11 is 0. The van der Waals surface area contributed by atoms with Crippen LogP contribution < -0.4 is 5.32 Å². The predicted octanol–water partition coefficient (Wildman–Crippen LogP) is 0.423. The molecule has 0 saturated carbocycles. The summed E-state index contributed by atoms with van der Waals surface area (Å²) in [6.07, 6.45) is 4.69. The number of nitrogens with one attached hydrogen (secondary N) is 1. The summed E-state index contributed by atoms with van der Waals surface area (Å²) in [6.45, 7) is 4.03. The van der Waals surface area contributed by atoms with Crippen molar-refractivity contribution < 1.29 is 9.59 Å². The molecule has 128 valence electrons. The van der Waals surface area contributed by atoms with Gasteiger partial charge < -0.3 is 10.2 Å². The summed E-state index contributed by atoms with van der Waals surface area (Å²) < 4.78 is 0. The van der Waals surface area contributed by atoms with Crippen molar-refractivity contribution in [3.8, 4) is 0 Å². The summed E-state index contributed by atoms with van der Waals surface area (Å²) in [5.74, 6) is 0.749. The third kappa shape index (κ3) is 3.46. The maximum atomic E-state index is 12.5. The molecule has 0 atom stereocenters. The number of carbonyl (C=O) groups is 2. The van der Waals surface area contributed by atoms with E-state index in [0.717, 1.165) is 5.56 Å². The van der Waals surface area contributed by atoms with Crippen LogP contribution in [0.15, 0.2) is 29.5 Å². The largest absolute Gasteiger partial charge is 0.341 e. The number of rotatable bonds is 4. The van der Waals surface area contributed by atoms with Crippen LogP contribution in [0.3, 0.4) is 0 Å². The first-order valence-electron chi connectivity index (χ1n) is 8.22. The first-order chi connectivity index (χ1) is 11.5. The van der Waals surface area contributed by atoms with Crippen molar-refractivity contribution in [3.05, 3.63) is 30.1 Å². The van der Waals surface area contributed by atoms with Crippen molar-refractivity contribution in [2.24, 2.45) is 4.99 Å². The Morgan fingerprint density at radius 1 is 1.33 bits per heavy atom. The molecule has 0 radical (unpaired) electrons. The Labute approximate surface area is 141 Å². The van der Waals surface area contributed by atoms with E-state index in [9.17, 15) is 9.59 Å². The second-order valence-corrected chi connectivity index (χ2v) is 6.59. The van der Waals surface area contributed by atoms with E-state index in [4.69, 9.17) is 0 Å². The molecule has 1 aromatic heterocycles.